The van der Waals surface area contributed by atoms with Crippen molar-refractivity contribution < 1.29 is 4.42 Å². The van der Waals surface area contributed by atoms with Crippen molar-refractivity contribution in [2.75, 3.05) is 0 Å². The first-order valence-corrected chi connectivity index (χ1v) is 10.3. The van der Waals surface area contributed by atoms with E-state index in [4.69, 9.17) is 16.0 Å². The summed E-state index contributed by atoms with van der Waals surface area (Å²) in [5, 5.41) is 0.146. The summed E-state index contributed by atoms with van der Waals surface area (Å²) in [6.45, 7) is 4.80. The zero-order valence-electron chi connectivity index (χ0n) is 11.0. The molecule has 3 heterocycles. The molecule has 0 aliphatic carbocycles. The second-order valence-electron chi connectivity index (χ2n) is 5.96. The van der Waals surface area contributed by atoms with Gasteiger partial charge in [-0.05, 0) is 24.4 Å². The minimum atomic E-state index is -1.05. The summed E-state index contributed by atoms with van der Waals surface area (Å²) in [6.07, 6.45) is 3.51. The number of nitrogens with zero attached hydrogens (tertiary/aromatic N) is 3. The quantitative estimate of drug-likeness (QED) is 0.599. The number of halogens is 1. The van der Waals surface area contributed by atoms with Gasteiger partial charge in [-0.3, -0.25) is 4.57 Å². The molecule has 0 bridgehead atoms. The maximum atomic E-state index is 12.0. The third-order valence-electron chi connectivity index (χ3n) is 4.00. The Morgan fingerprint density at radius 2 is 2.11 bits per heavy atom. The minimum Gasteiger partial charge on any atom is -0.404 e. The summed E-state index contributed by atoms with van der Waals surface area (Å²) in [5.74, 6) is -0.349. The first-order chi connectivity index (χ1) is 8.96. The van der Waals surface area contributed by atoms with Gasteiger partial charge in [0.1, 0.15) is 0 Å². The van der Waals surface area contributed by atoms with Crippen LogP contribution in [0.3, 0.4) is 0 Å². The molecule has 1 fully saturated rings. The number of oxazole rings is 1. The van der Waals surface area contributed by atoms with E-state index in [1.807, 2.05) is 0 Å². The molecule has 1 aliphatic heterocycles. The lowest BCUT2D eigenvalue weighted by Gasteiger charge is -2.32. The van der Waals surface area contributed by atoms with E-state index in [0.717, 1.165) is 12.8 Å². The van der Waals surface area contributed by atoms with Crippen molar-refractivity contribution in [3.05, 3.63) is 22.0 Å². The number of fused-ring (bicyclic) bond motifs is 1. The Morgan fingerprint density at radius 1 is 1.42 bits per heavy atom. The van der Waals surface area contributed by atoms with Crippen LogP contribution in [0.15, 0.2) is 15.4 Å². The van der Waals surface area contributed by atoms with E-state index in [2.05, 4.69) is 23.1 Å². The van der Waals surface area contributed by atoms with Crippen molar-refractivity contribution in [1.82, 2.24) is 14.5 Å². The molecule has 19 heavy (non-hydrogen) atoms. The lowest BCUT2D eigenvalue weighted by atomic mass is 10.1. The Bertz CT molecular complexity index is 669. The van der Waals surface area contributed by atoms with E-state index < -0.39 is 8.07 Å². The molecule has 7 heteroatoms. The molecule has 102 valence electrons. The average Bonchev–Trinajstić information content (AvgIpc) is 2.65. The minimum absolute atomic E-state index is 0.146. The summed E-state index contributed by atoms with van der Waals surface area (Å²) >= 11 is 5.81. The van der Waals surface area contributed by atoms with Gasteiger partial charge < -0.3 is 4.42 Å². The van der Waals surface area contributed by atoms with Gasteiger partial charge in [-0.2, -0.15) is 4.98 Å². The lowest BCUT2D eigenvalue weighted by molar-refractivity contribution is 0.406. The summed E-state index contributed by atoms with van der Waals surface area (Å²) in [6, 6.07) is 2.64. The molecule has 0 aromatic carbocycles. The lowest BCUT2D eigenvalue weighted by Crippen LogP contribution is -2.34. The summed E-state index contributed by atoms with van der Waals surface area (Å²) in [4.78, 5) is 20.0. The smallest absolute Gasteiger partial charge is 0.404 e. The molecule has 3 rings (SSSR count). The van der Waals surface area contributed by atoms with Crippen molar-refractivity contribution in [2.45, 2.75) is 44.1 Å². The van der Waals surface area contributed by atoms with Gasteiger partial charge in [0.2, 0.25) is 5.28 Å². The van der Waals surface area contributed by atoms with Crippen LogP contribution in [0.5, 0.6) is 0 Å². The third kappa shape index (κ3) is 2.34. The SMILES string of the molecule is C[Si]1(C)CCC(n2c(=O)oc3cnc(Cl)nc32)CC1. The predicted molar refractivity (Wildman–Crippen MR) is 76.4 cm³/mol. The van der Waals surface area contributed by atoms with Crippen molar-refractivity contribution in [3.8, 4) is 0 Å². The zero-order valence-corrected chi connectivity index (χ0v) is 12.8. The number of hydrogen-bond acceptors (Lipinski definition) is 4. The van der Waals surface area contributed by atoms with Gasteiger partial charge in [-0.1, -0.05) is 25.2 Å². The van der Waals surface area contributed by atoms with Gasteiger partial charge in [0.25, 0.3) is 0 Å². The molecule has 0 atom stereocenters. The molecule has 5 nitrogen and oxygen atoms in total. The van der Waals surface area contributed by atoms with Crippen molar-refractivity contribution in [2.24, 2.45) is 0 Å². The van der Waals surface area contributed by atoms with Crippen LogP contribution in [-0.4, -0.2) is 22.6 Å². The maximum absolute atomic E-state index is 12.0. The molecule has 2 aromatic heterocycles. The highest BCUT2D eigenvalue weighted by molar-refractivity contribution is 6.77. The van der Waals surface area contributed by atoms with E-state index in [-0.39, 0.29) is 17.1 Å². The van der Waals surface area contributed by atoms with Crippen LogP contribution in [0, 0.1) is 0 Å². The van der Waals surface area contributed by atoms with Gasteiger partial charge >= 0.3 is 5.76 Å². The molecule has 0 unspecified atom stereocenters. The van der Waals surface area contributed by atoms with Crippen molar-refractivity contribution in [3.63, 3.8) is 0 Å². The second-order valence-corrected chi connectivity index (χ2v) is 11.6. The Kier molecular flexibility index (Phi) is 3.02. The van der Waals surface area contributed by atoms with Crippen LogP contribution in [-0.2, 0) is 0 Å². The average molecular weight is 298 g/mol. The fourth-order valence-corrected chi connectivity index (χ4v) is 5.39. The Balaban J connectivity index is 2.03. The highest BCUT2D eigenvalue weighted by atomic mass is 35.5. The van der Waals surface area contributed by atoms with E-state index in [9.17, 15) is 4.79 Å². The maximum Gasteiger partial charge on any atom is 0.421 e. The summed E-state index contributed by atoms with van der Waals surface area (Å²) < 4.78 is 6.85. The number of rotatable bonds is 1. The van der Waals surface area contributed by atoms with Crippen LogP contribution in [0.4, 0.5) is 0 Å². The largest absolute Gasteiger partial charge is 0.421 e. The predicted octanol–water partition coefficient (Wildman–Crippen LogP) is 3.08. The van der Waals surface area contributed by atoms with E-state index >= 15 is 0 Å². The van der Waals surface area contributed by atoms with Gasteiger partial charge in [0.15, 0.2) is 11.2 Å². The van der Waals surface area contributed by atoms with Crippen molar-refractivity contribution >= 4 is 30.9 Å². The second kappa shape index (κ2) is 4.45. The van der Waals surface area contributed by atoms with Gasteiger partial charge in [0, 0.05) is 14.1 Å². The summed E-state index contributed by atoms with van der Waals surface area (Å²) in [7, 11) is -1.05. The molecular weight excluding hydrogens is 282 g/mol. The number of hydrogen-bond donors (Lipinski definition) is 0. The Hall–Kier alpha value is -1.14. The van der Waals surface area contributed by atoms with Gasteiger partial charge in [0.05, 0.1) is 6.20 Å². The molecular formula is C12H16ClN3O2Si. The van der Waals surface area contributed by atoms with E-state index in [1.54, 1.807) is 4.57 Å². The molecule has 1 aliphatic rings. The van der Waals surface area contributed by atoms with Crippen molar-refractivity contribution in [1.29, 1.82) is 0 Å². The van der Waals surface area contributed by atoms with Crippen LogP contribution in [0.25, 0.3) is 11.2 Å². The monoisotopic (exact) mass is 297 g/mol. The van der Waals surface area contributed by atoms with Crippen LogP contribution < -0.4 is 5.76 Å². The van der Waals surface area contributed by atoms with E-state index in [0.29, 0.717) is 11.2 Å². The molecule has 0 N–H and O–H groups in total. The Morgan fingerprint density at radius 3 is 2.79 bits per heavy atom. The first-order valence-electron chi connectivity index (χ1n) is 6.50. The standard InChI is InChI=1S/C12H16ClN3O2Si/c1-19(2)5-3-8(4-6-19)16-10-9(18-12(16)17)7-14-11(13)15-10/h7-8H,3-6H2,1-2H3. The highest BCUT2D eigenvalue weighted by Crippen LogP contribution is 2.35. The van der Waals surface area contributed by atoms with Gasteiger partial charge in [-0.15, -0.1) is 0 Å². The Labute approximate surface area is 116 Å². The van der Waals surface area contributed by atoms with Gasteiger partial charge in [-0.25, -0.2) is 9.78 Å². The molecule has 0 radical (unpaired) electrons. The fourth-order valence-electron chi connectivity index (χ4n) is 2.78. The van der Waals surface area contributed by atoms with E-state index in [1.165, 1.54) is 18.3 Å². The highest BCUT2D eigenvalue weighted by Gasteiger charge is 2.31. The fraction of sp³-hybridized carbons (Fsp3) is 0.583. The third-order valence-corrected chi connectivity index (χ3v) is 7.47. The topological polar surface area (TPSA) is 60.9 Å². The molecule has 2 aromatic rings. The zero-order chi connectivity index (χ0) is 13.6. The normalized spacial score (nSPS) is 19.9. The van der Waals surface area contributed by atoms with Crippen LogP contribution in [0.1, 0.15) is 18.9 Å². The molecule has 0 saturated carbocycles. The first kappa shape index (κ1) is 12.9. The summed E-state index contributed by atoms with van der Waals surface area (Å²) in [5.41, 5.74) is 0.938. The molecule has 0 amide bonds. The van der Waals surface area contributed by atoms with Crippen LogP contribution in [0.2, 0.25) is 30.5 Å². The number of aromatic nitrogens is 3. The molecule has 1 saturated heterocycles. The van der Waals surface area contributed by atoms with Crippen LogP contribution >= 0.6 is 11.6 Å². The molecule has 0 spiro atoms.